The van der Waals surface area contributed by atoms with Gasteiger partial charge in [-0.05, 0) is 18.8 Å². The topological polar surface area (TPSA) is 66.8 Å². The van der Waals surface area contributed by atoms with Gasteiger partial charge in [-0.15, -0.1) is 0 Å². The van der Waals surface area contributed by atoms with E-state index in [0.717, 1.165) is 0 Å². The molecule has 0 aliphatic heterocycles. The lowest BCUT2D eigenvalue weighted by Gasteiger charge is -2.34. The van der Waals surface area contributed by atoms with Crippen molar-refractivity contribution in [1.29, 1.82) is 0 Å². The fourth-order valence-corrected chi connectivity index (χ4v) is 1.70. The first-order chi connectivity index (χ1) is 6.54. The van der Waals surface area contributed by atoms with Crippen molar-refractivity contribution in [3.8, 4) is 0 Å². The van der Waals surface area contributed by atoms with E-state index in [0.29, 0.717) is 12.8 Å². The van der Waals surface area contributed by atoms with Gasteiger partial charge in [0.1, 0.15) is 0 Å². The Kier molecular flexibility index (Phi) is 3.46. The summed E-state index contributed by atoms with van der Waals surface area (Å²) < 4.78 is 0. The molecular weight excluding hydrogens is 186 g/mol. The number of carbonyl (C=O) groups excluding carboxylic acids is 1. The van der Waals surface area contributed by atoms with Crippen LogP contribution in [-0.2, 0) is 14.4 Å². The molecule has 0 heterocycles. The molecule has 5 nitrogen and oxygen atoms in total. The Morgan fingerprint density at radius 2 is 2.07 bits per heavy atom. The number of rotatable bonds is 4. The highest BCUT2D eigenvalue weighted by Crippen LogP contribution is 2.37. The molecule has 0 aromatic heterocycles. The predicted octanol–water partition coefficient (Wildman–Crippen LogP) is 0.507. The second-order valence-corrected chi connectivity index (χ2v) is 3.65. The zero-order chi connectivity index (χ0) is 10.7. The van der Waals surface area contributed by atoms with Crippen LogP contribution in [0.5, 0.6) is 0 Å². The third-order valence-electron chi connectivity index (χ3n) is 2.63. The smallest absolute Gasteiger partial charge is 0.303 e. The highest BCUT2D eigenvalue weighted by molar-refractivity contribution is 5.79. The van der Waals surface area contributed by atoms with E-state index in [9.17, 15) is 9.59 Å². The van der Waals surface area contributed by atoms with E-state index < -0.39 is 5.97 Å². The Hall–Kier alpha value is -1.10. The number of hydrogen-bond donors (Lipinski definition) is 1. The average molecular weight is 201 g/mol. The molecular formula is C9H15NO4. The summed E-state index contributed by atoms with van der Waals surface area (Å²) in [6.07, 6.45) is 1.50. The maximum absolute atomic E-state index is 11.4. The molecule has 0 saturated heterocycles. The lowest BCUT2D eigenvalue weighted by atomic mass is 9.73. The minimum Gasteiger partial charge on any atom is -0.481 e. The normalized spacial score (nSPS) is 25.3. The molecule has 0 spiro atoms. The zero-order valence-electron chi connectivity index (χ0n) is 8.40. The molecule has 0 aromatic carbocycles. The van der Waals surface area contributed by atoms with Gasteiger partial charge in [0.2, 0.25) is 5.91 Å². The van der Waals surface area contributed by atoms with Crippen LogP contribution in [0.1, 0.15) is 19.3 Å². The van der Waals surface area contributed by atoms with E-state index >= 15 is 0 Å². The fourth-order valence-electron chi connectivity index (χ4n) is 1.70. The number of carboxylic acids is 1. The molecule has 0 radical (unpaired) electrons. The molecule has 1 rings (SSSR count). The summed E-state index contributed by atoms with van der Waals surface area (Å²) in [6.45, 7) is 0. The molecule has 1 amide bonds. The number of hydroxylamine groups is 2. The highest BCUT2D eigenvalue weighted by atomic mass is 16.7. The van der Waals surface area contributed by atoms with E-state index in [4.69, 9.17) is 9.94 Å². The second kappa shape index (κ2) is 4.41. The first kappa shape index (κ1) is 11.0. The molecule has 14 heavy (non-hydrogen) atoms. The monoisotopic (exact) mass is 201 g/mol. The molecule has 5 heteroatoms. The Labute approximate surface area is 82.6 Å². The largest absolute Gasteiger partial charge is 0.481 e. The molecule has 1 aliphatic rings. The lowest BCUT2D eigenvalue weighted by molar-refractivity contribution is -0.178. The molecule has 1 fully saturated rings. The fraction of sp³-hybridized carbons (Fsp3) is 0.778. The number of hydrogen-bond acceptors (Lipinski definition) is 3. The quantitative estimate of drug-likeness (QED) is 0.673. The van der Waals surface area contributed by atoms with Crippen molar-refractivity contribution in [2.45, 2.75) is 19.3 Å². The third-order valence-corrected chi connectivity index (χ3v) is 2.63. The van der Waals surface area contributed by atoms with Crippen LogP contribution in [0.3, 0.4) is 0 Å². The van der Waals surface area contributed by atoms with Gasteiger partial charge in [-0.2, -0.15) is 0 Å². The van der Waals surface area contributed by atoms with E-state index in [2.05, 4.69) is 0 Å². The number of aliphatic carboxylic acids is 1. The number of carbonyl (C=O) groups is 2. The Morgan fingerprint density at radius 1 is 1.50 bits per heavy atom. The van der Waals surface area contributed by atoms with Gasteiger partial charge in [0.05, 0.1) is 7.11 Å². The van der Waals surface area contributed by atoms with Gasteiger partial charge in [0.15, 0.2) is 0 Å². The standard InChI is InChI=1S/C9H15NO4/c1-10(14-2)9(13)7-3-6(4-7)5-8(11)12/h6-7H,3-5H2,1-2H3,(H,11,12). The van der Waals surface area contributed by atoms with Gasteiger partial charge in [-0.3, -0.25) is 14.4 Å². The summed E-state index contributed by atoms with van der Waals surface area (Å²) in [5.41, 5.74) is 0. The molecule has 0 atom stereocenters. The first-order valence-electron chi connectivity index (χ1n) is 4.58. The van der Waals surface area contributed by atoms with Crippen molar-refractivity contribution in [1.82, 2.24) is 5.06 Å². The lowest BCUT2D eigenvalue weighted by Crippen LogP contribution is -2.39. The average Bonchev–Trinajstić information content (AvgIpc) is 2.07. The highest BCUT2D eigenvalue weighted by Gasteiger charge is 2.37. The van der Waals surface area contributed by atoms with Crippen LogP contribution in [-0.4, -0.2) is 36.2 Å². The number of amides is 1. The van der Waals surface area contributed by atoms with Crippen LogP contribution in [0, 0.1) is 11.8 Å². The molecule has 0 bridgehead atoms. The van der Waals surface area contributed by atoms with E-state index in [1.54, 1.807) is 7.05 Å². The van der Waals surface area contributed by atoms with E-state index in [1.807, 2.05) is 0 Å². The van der Waals surface area contributed by atoms with Crippen LogP contribution < -0.4 is 0 Å². The van der Waals surface area contributed by atoms with Crippen molar-refractivity contribution in [3.63, 3.8) is 0 Å². The third kappa shape index (κ3) is 2.45. The summed E-state index contributed by atoms with van der Waals surface area (Å²) in [6, 6.07) is 0. The van der Waals surface area contributed by atoms with Crippen LogP contribution in [0.4, 0.5) is 0 Å². The zero-order valence-corrected chi connectivity index (χ0v) is 8.40. The second-order valence-electron chi connectivity index (χ2n) is 3.65. The first-order valence-corrected chi connectivity index (χ1v) is 4.58. The predicted molar refractivity (Wildman–Crippen MR) is 48.2 cm³/mol. The summed E-state index contributed by atoms with van der Waals surface area (Å²) in [4.78, 5) is 26.5. The van der Waals surface area contributed by atoms with Gasteiger partial charge in [-0.1, -0.05) is 0 Å². The van der Waals surface area contributed by atoms with Crippen molar-refractivity contribution in [3.05, 3.63) is 0 Å². The molecule has 0 aromatic rings. The molecule has 1 saturated carbocycles. The summed E-state index contributed by atoms with van der Waals surface area (Å²) in [7, 11) is 3.00. The summed E-state index contributed by atoms with van der Waals surface area (Å²) in [5, 5.41) is 9.71. The Bertz CT molecular complexity index is 235. The van der Waals surface area contributed by atoms with Crippen LogP contribution in [0.2, 0.25) is 0 Å². The van der Waals surface area contributed by atoms with Crippen LogP contribution in [0.25, 0.3) is 0 Å². The Balaban J connectivity index is 2.27. The maximum atomic E-state index is 11.4. The molecule has 0 unspecified atom stereocenters. The minimum absolute atomic E-state index is 0.0516. The maximum Gasteiger partial charge on any atom is 0.303 e. The van der Waals surface area contributed by atoms with Gasteiger partial charge in [-0.25, -0.2) is 5.06 Å². The van der Waals surface area contributed by atoms with Gasteiger partial charge < -0.3 is 5.11 Å². The van der Waals surface area contributed by atoms with Crippen molar-refractivity contribution >= 4 is 11.9 Å². The molecule has 80 valence electrons. The summed E-state index contributed by atoms with van der Waals surface area (Å²) >= 11 is 0. The van der Waals surface area contributed by atoms with Crippen molar-refractivity contribution in [2.75, 3.05) is 14.2 Å². The number of nitrogens with zero attached hydrogens (tertiary/aromatic N) is 1. The van der Waals surface area contributed by atoms with Gasteiger partial charge in [0.25, 0.3) is 0 Å². The minimum atomic E-state index is -0.791. The van der Waals surface area contributed by atoms with Crippen molar-refractivity contribution < 1.29 is 19.5 Å². The van der Waals surface area contributed by atoms with Gasteiger partial charge in [0, 0.05) is 19.4 Å². The van der Waals surface area contributed by atoms with Gasteiger partial charge >= 0.3 is 5.97 Å². The SMILES string of the molecule is CON(C)C(=O)C1CC(CC(=O)O)C1. The van der Waals surface area contributed by atoms with Crippen LogP contribution >= 0.6 is 0 Å². The molecule has 1 aliphatic carbocycles. The van der Waals surface area contributed by atoms with Crippen LogP contribution in [0.15, 0.2) is 0 Å². The van der Waals surface area contributed by atoms with E-state index in [-0.39, 0.29) is 24.2 Å². The van der Waals surface area contributed by atoms with E-state index in [1.165, 1.54) is 12.2 Å². The molecule has 1 N–H and O–H groups in total. The van der Waals surface area contributed by atoms with Crippen molar-refractivity contribution in [2.24, 2.45) is 11.8 Å². The summed E-state index contributed by atoms with van der Waals surface area (Å²) in [5.74, 6) is -0.744. The number of carboxylic acid groups (broad SMARTS) is 1. The Morgan fingerprint density at radius 3 is 2.50 bits per heavy atom.